The van der Waals surface area contributed by atoms with Crippen LogP contribution < -0.4 is 4.74 Å². The lowest BCUT2D eigenvalue weighted by atomic mass is 10.2. The quantitative estimate of drug-likeness (QED) is 0.486. The topological polar surface area (TPSA) is 69.4 Å². The van der Waals surface area contributed by atoms with Crippen molar-refractivity contribution in [1.82, 2.24) is 0 Å². The summed E-state index contributed by atoms with van der Waals surface area (Å²) in [5.74, 6) is -0.880. The minimum Gasteiger partial charge on any atom is -0.449 e. The summed E-state index contributed by atoms with van der Waals surface area (Å²) in [5.41, 5.74) is -0.477. The minimum atomic E-state index is -0.774. The number of carbonyl (C=O) groups is 1. The zero-order chi connectivity index (χ0) is 14.7. The Labute approximate surface area is 117 Å². The molecule has 2 aromatic carbocycles. The lowest BCUT2D eigenvalue weighted by Crippen LogP contribution is -1.96. The van der Waals surface area contributed by atoms with Crippen LogP contribution in [0, 0.1) is 15.9 Å². The first-order chi connectivity index (χ1) is 9.52. The first-order valence-electron chi connectivity index (χ1n) is 5.38. The normalized spacial score (nSPS) is 10.1. The molecule has 2 aromatic rings. The first kappa shape index (κ1) is 14.0. The Bertz CT molecular complexity index is 690. The van der Waals surface area contributed by atoms with E-state index >= 15 is 0 Å². The van der Waals surface area contributed by atoms with Gasteiger partial charge >= 0.3 is 5.69 Å². The highest BCUT2D eigenvalue weighted by Gasteiger charge is 2.18. The van der Waals surface area contributed by atoms with Crippen molar-refractivity contribution in [2.75, 3.05) is 0 Å². The molecule has 7 heteroatoms. The van der Waals surface area contributed by atoms with Gasteiger partial charge in [-0.25, -0.2) is 4.39 Å². The largest absolute Gasteiger partial charge is 0.449 e. The van der Waals surface area contributed by atoms with Gasteiger partial charge in [0.15, 0.2) is 6.29 Å². The van der Waals surface area contributed by atoms with Gasteiger partial charge in [0.25, 0.3) is 0 Å². The van der Waals surface area contributed by atoms with E-state index in [1.165, 1.54) is 18.2 Å². The zero-order valence-electron chi connectivity index (χ0n) is 9.88. The van der Waals surface area contributed by atoms with Crippen molar-refractivity contribution in [2.45, 2.75) is 0 Å². The van der Waals surface area contributed by atoms with E-state index in [1.54, 1.807) is 0 Å². The van der Waals surface area contributed by atoms with Gasteiger partial charge in [0, 0.05) is 0 Å². The van der Waals surface area contributed by atoms with E-state index < -0.39 is 16.4 Å². The number of hydrogen-bond acceptors (Lipinski definition) is 4. The number of halogens is 2. The van der Waals surface area contributed by atoms with E-state index in [1.807, 2.05) is 0 Å². The van der Waals surface area contributed by atoms with Crippen LogP contribution in [-0.4, -0.2) is 11.2 Å². The van der Waals surface area contributed by atoms with Gasteiger partial charge in [0.2, 0.25) is 5.75 Å². The van der Waals surface area contributed by atoms with Crippen molar-refractivity contribution in [1.29, 1.82) is 0 Å². The second-order valence-corrected chi connectivity index (χ2v) is 4.15. The highest BCUT2D eigenvalue weighted by Crippen LogP contribution is 2.34. The Balaban J connectivity index is 2.48. The van der Waals surface area contributed by atoms with Gasteiger partial charge < -0.3 is 4.74 Å². The van der Waals surface area contributed by atoms with Gasteiger partial charge in [0.1, 0.15) is 11.6 Å². The number of ether oxygens (including phenoxy) is 1. The van der Waals surface area contributed by atoms with Crippen LogP contribution >= 0.6 is 11.6 Å². The lowest BCUT2D eigenvalue weighted by Gasteiger charge is -2.09. The molecule has 0 saturated heterocycles. The summed E-state index contributed by atoms with van der Waals surface area (Å²) < 4.78 is 18.3. The van der Waals surface area contributed by atoms with Crippen molar-refractivity contribution < 1.29 is 18.8 Å². The van der Waals surface area contributed by atoms with E-state index in [0.29, 0.717) is 6.29 Å². The Morgan fingerprint density at radius 3 is 2.65 bits per heavy atom. The maximum Gasteiger partial charge on any atom is 0.314 e. The maximum absolute atomic E-state index is 13.0. The van der Waals surface area contributed by atoms with Crippen LogP contribution in [0.3, 0.4) is 0 Å². The molecule has 0 atom stereocenters. The first-order valence-corrected chi connectivity index (χ1v) is 5.76. The van der Waals surface area contributed by atoms with Crippen LogP contribution in [0.4, 0.5) is 10.1 Å². The summed E-state index contributed by atoms with van der Waals surface area (Å²) in [6.45, 7) is 0. The second-order valence-electron chi connectivity index (χ2n) is 3.74. The van der Waals surface area contributed by atoms with Gasteiger partial charge in [-0.1, -0.05) is 17.7 Å². The van der Waals surface area contributed by atoms with Crippen LogP contribution in [0.1, 0.15) is 10.4 Å². The Kier molecular flexibility index (Phi) is 3.95. The fourth-order valence-corrected chi connectivity index (χ4v) is 1.77. The van der Waals surface area contributed by atoms with Gasteiger partial charge in [-0.2, -0.15) is 0 Å². The predicted octanol–water partition coefficient (Wildman–Crippen LogP) is 3.99. The molecule has 20 heavy (non-hydrogen) atoms. The molecule has 5 nitrogen and oxygen atoms in total. The standard InChI is InChI=1S/C13H7ClFNO4/c14-10-2-1-3-12(9(10)7-17)20-13-5-4-8(15)6-11(13)16(18)19/h1-7H. The molecular weight excluding hydrogens is 289 g/mol. The van der Waals surface area contributed by atoms with Crippen LogP contribution in [0.25, 0.3) is 0 Å². The molecule has 2 rings (SSSR count). The van der Waals surface area contributed by atoms with Crippen molar-refractivity contribution >= 4 is 23.6 Å². The fourth-order valence-electron chi connectivity index (χ4n) is 1.56. The van der Waals surface area contributed by atoms with E-state index in [0.717, 1.165) is 18.2 Å². The molecule has 0 aliphatic rings. The SMILES string of the molecule is O=Cc1c(Cl)cccc1Oc1ccc(F)cc1[N+](=O)[O-]. The maximum atomic E-state index is 13.0. The van der Waals surface area contributed by atoms with Gasteiger partial charge in [-0.15, -0.1) is 0 Å². The number of nitrogens with zero attached hydrogens (tertiary/aromatic N) is 1. The molecule has 0 bridgehead atoms. The number of nitro benzene ring substituents is 1. The third-order valence-electron chi connectivity index (χ3n) is 2.47. The van der Waals surface area contributed by atoms with E-state index in [9.17, 15) is 19.3 Å². The highest BCUT2D eigenvalue weighted by molar-refractivity contribution is 6.33. The molecule has 0 N–H and O–H groups in total. The number of benzene rings is 2. The average molecular weight is 296 g/mol. The Hall–Kier alpha value is -2.47. The summed E-state index contributed by atoms with van der Waals surface area (Å²) in [5, 5.41) is 11.0. The fraction of sp³-hybridized carbons (Fsp3) is 0. The predicted molar refractivity (Wildman–Crippen MR) is 70.0 cm³/mol. The minimum absolute atomic E-state index is 0.0576. The van der Waals surface area contributed by atoms with Crippen LogP contribution in [-0.2, 0) is 0 Å². The monoisotopic (exact) mass is 295 g/mol. The smallest absolute Gasteiger partial charge is 0.314 e. The summed E-state index contributed by atoms with van der Waals surface area (Å²) in [7, 11) is 0. The number of carbonyl (C=O) groups excluding carboxylic acids is 1. The van der Waals surface area contributed by atoms with Crippen molar-refractivity contribution in [3.63, 3.8) is 0 Å². The number of nitro groups is 1. The molecule has 0 unspecified atom stereocenters. The Morgan fingerprint density at radius 2 is 2.00 bits per heavy atom. The lowest BCUT2D eigenvalue weighted by molar-refractivity contribution is -0.385. The summed E-state index contributed by atoms with van der Waals surface area (Å²) >= 11 is 5.82. The van der Waals surface area contributed by atoms with Gasteiger partial charge in [-0.05, 0) is 24.3 Å². The molecule has 0 aliphatic carbocycles. The molecule has 0 aliphatic heterocycles. The highest BCUT2D eigenvalue weighted by atomic mass is 35.5. The van der Waals surface area contributed by atoms with Crippen LogP contribution in [0.5, 0.6) is 11.5 Å². The molecule has 0 radical (unpaired) electrons. The zero-order valence-corrected chi connectivity index (χ0v) is 10.6. The number of hydrogen-bond donors (Lipinski definition) is 0. The number of aldehydes is 1. The second kappa shape index (κ2) is 5.66. The summed E-state index contributed by atoms with van der Waals surface area (Å²) in [4.78, 5) is 21.0. The van der Waals surface area contributed by atoms with Crippen molar-refractivity contribution in [3.05, 3.63) is 62.9 Å². The van der Waals surface area contributed by atoms with E-state index in [-0.39, 0.29) is 22.1 Å². The average Bonchev–Trinajstić information content (AvgIpc) is 2.41. The molecule has 102 valence electrons. The molecular formula is C13H7ClFNO4. The molecule has 0 amide bonds. The van der Waals surface area contributed by atoms with E-state index in [4.69, 9.17) is 16.3 Å². The van der Waals surface area contributed by atoms with E-state index in [2.05, 4.69) is 0 Å². The summed E-state index contributed by atoms with van der Waals surface area (Å²) in [6, 6.07) is 7.32. The third kappa shape index (κ3) is 2.75. The third-order valence-corrected chi connectivity index (χ3v) is 2.80. The molecule has 0 spiro atoms. The molecule has 0 saturated carbocycles. The van der Waals surface area contributed by atoms with Crippen molar-refractivity contribution in [2.24, 2.45) is 0 Å². The van der Waals surface area contributed by atoms with Gasteiger partial charge in [0.05, 0.1) is 21.6 Å². The Morgan fingerprint density at radius 1 is 1.25 bits per heavy atom. The van der Waals surface area contributed by atoms with Crippen LogP contribution in [0.15, 0.2) is 36.4 Å². The molecule has 0 aromatic heterocycles. The number of rotatable bonds is 4. The van der Waals surface area contributed by atoms with Crippen molar-refractivity contribution in [3.8, 4) is 11.5 Å². The van der Waals surface area contributed by atoms with Crippen LogP contribution in [0.2, 0.25) is 5.02 Å². The van der Waals surface area contributed by atoms with Gasteiger partial charge in [-0.3, -0.25) is 14.9 Å². The molecule has 0 fully saturated rings. The summed E-state index contributed by atoms with van der Waals surface area (Å²) in [6.07, 6.45) is 0.479. The molecule has 0 heterocycles.